The standard InChI is InChI=1S/C17H25BrN2O/c1-2-16(19)17(11-4-3-5-12(18)8-11)20-13-6-7-14(20)10-15(21)9-13/h3-5,8,13-17,21H,2,6-7,9-10,19H2,1H3. The molecule has 1 aromatic rings. The molecular formula is C17H25BrN2O. The molecule has 2 aliphatic heterocycles. The van der Waals surface area contributed by atoms with Crippen molar-refractivity contribution in [2.45, 2.75) is 69.3 Å². The number of fused-ring (bicyclic) bond motifs is 2. The van der Waals surface area contributed by atoms with Gasteiger partial charge in [0.1, 0.15) is 0 Å². The highest BCUT2D eigenvalue weighted by Crippen LogP contribution is 2.43. The maximum absolute atomic E-state index is 10.0. The van der Waals surface area contributed by atoms with E-state index in [1.165, 1.54) is 18.4 Å². The second-order valence-corrected chi connectivity index (χ2v) is 7.45. The molecule has 116 valence electrons. The topological polar surface area (TPSA) is 49.5 Å². The molecule has 2 saturated heterocycles. The largest absolute Gasteiger partial charge is 0.393 e. The lowest BCUT2D eigenvalue weighted by atomic mass is 9.90. The Morgan fingerprint density at radius 1 is 1.33 bits per heavy atom. The lowest BCUT2D eigenvalue weighted by Crippen LogP contribution is -2.51. The van der Waals surface area contributed by atoms with Crippen LogP contribution in [-0.2, 0) is 0 Å². The van der Waals surface area contributed by atoms with Gasteiger partial charge in [-0.2, -0.15) is 0 Å². The SMILES string of the molecule is CCC(N)C(c1cccc(Br)c1)N1C2CCC1CC(O)C2. The van der Waals surface area contributed by atoms with Gasteiger partial charge in [0.15, 0.2) is 0 Å². The Labute approximate surface area is 135 Å². The summed E-state index contributed by atoms with van der Waals surface area (Å²) in [5, 5.41) is 10.0. The molecule has 0 amide bonds. The normalized spacial score (nSPS) is 32.1. The summed E-state index contributed by atoms with van der Waals surface area (Å²) >= 11 is 3.58. The van der Waals surface area contributed by atoms with Gasteiger partial charge in [-0.3, -0.25) is 4.90 Å². The van der Waals surface area contributed by atoms with Crippen LogP contribution in [0.4, 0.5) is 0 Å². The summed E-state index contributed by atoms with van der Waals surface area (Å²) in [5.41, 5.74) is 7.80. The molecule has 4 unspecified atom stereocenters. The van der Waals surface area contributed by atoms with Gasteiger partial charge in [0.2, 0.25) is 0 Å². The number of hydrogen-bond acceptors (Lipinski definition) is 3. The predicted octanol–water partition coefficient (Wildman–Crippen LogP) is 3.22. The summed E-state index contributed by atoms with van der Waals surface area (Å²) in [5.74, 6) is 0. The fourth-order valence-electron chi connectivity index (χ4n) is 4.19. The minimum Gasteiger partial charge on any atom is -0.393 e. The van der Waals surface area contributed by atoms with Crippen molar-refractivity contribution < 1.29 is 5.11 Å². The number of nitrogens with two attached hydrogens (primary N) is 1. The van der Waals surface area contributed by atoms with Crippen LogP contribution in [0.3, 0.4) is 0 Å². The van der Waals surface area contributed by atoms with Crippen LogP contribution in [0.15, 0.2) is 28.7 Å². The van der Waals surface area contributed by atoms with Crippen molar-refractivity contribution in [2.75, 3.05) is 0 Å². The van der Waals surface area contributed by atoms with Crippen LogP contribution >= 0.6 is 15.9 Å². The highest BCUT2D eigenvalue weighted by Gasteiger charge is 2.45. The summed E-state index contributed by atoms with van der Waals surface area (Å²) in [6.45, 7) is 2.16. The van der Waals surface area contributed by atoms with Crippen molar-refractivity contribution in [3.05, 3.63) is 34.3 Å². The molecule has 3 nitrogen and oxygen atoms in total. The van der Waals surface area contributed by atoms with E-state index in [4.69, 9.17) is 5.73 Å². The smallest absolute Gasteiger partial charge is 0.0570 e. The first kappa shape index (κ1) is 15.5. The van der Waals surface area contributed by atoms with Crippen molar-refractivity contribution in [1.29, 1.82) is 0 Å². The van der Waals surface area contributed by atoms with Crippen molar-refractivity contribution in [3.63, 3.8) is 0 Å². The first-order chi connectivity index (χ1) is 10.1. The van der Waals surface area contributed by atoms with Gasteiger partial charge in [0.25, 0.3) is 0 Å². The number of hydrogen-bond donors (Lipinski definition) is 2. The Morgan fingerprint density at radius 2 is 2.00 bits per heavy atom. The van der Waals surface area contributed by atoms with Crippen molar-refractivity contribution in [3.8, 4) is 0 Å². The molecule has 3 N–H and O–H groups in total. The van der Waals surface area contributed by atoms with E-state index in [9.17, 15) is 5.11 Å². The van der Waals surface area contributed by atoms with Crippen LogP contribution in [0.1, 0.15) is 50.6 Å². The van der Waals surface area contributed by atoms with E-state index < -0.39 is 0 Å². The molecule has 1 aromatic carbocycles. The van der Waals surface area contributed by atoms with Gasteiger partial charge >= 0.3 is 0 Å². The maximum Gasteiger partial charge on any atom is 0.0570 e. The van der Waals surface area contributed by atoms with E-state index in [1.54, 1.807) is 0 Å². The third kappa shape index (κ3) is 3.04. The molecule has 2 heterocycles. The minimum atomic E-state index is -0.125. The summed E-state index contributed by atoms with van der Waals surface area (Å²) in [7, 11) is 0. The Balaban J connectivity index is 1.93. The van der Waals surface area contributed by atoms with E-state index >= 15 is 0 Å². The minimum absolute atomic E-state index is 0.125. The van der Waals surface area contributed by atoms with Gasteiger partial charge in [0, 0.05) is 22.6 Å². The van der Waals surface area contributed by atoms with Crippen molar-refractivity contribution in [2.24, 2.45) is 5.73 Å². The molecule has 0 aromatic heterocycles. The zero-order chi connectivity index (χ0) is 15.0. The highest BCUT2D eigenvalue weighted by molar-refractivity contribution is 9.10. The molecule has 0 saturated carbocycles. The van der Waals surface area contributed by atoms with Crippen LogP contribution in [0.2, 0.25) is 0 Å². The van der Waals surface area contributed by atoms with Gasteiger partial charge in [-0.15, -0.1) is 0 Å². The molecule has 3 rings (SSSR count). The Kier molecular flexibility index (Phi) is 4.69. The Bertz CT molecular complexity index is 481. The second-order valence-electron chi connectivity index (χ2n) is 6.53. The molecule has 2 fully saturated rings. The Hall–Kier alpha value is -0.420. The summed E-state index contributed by atoms with van der Waals surface area (Å²) in [4.78, 5) is 2.61. The van der Waals surface area contributed by atoms with Gasteiger partial charge < -0.3 is 10.8 Å². The molecule has 4 heteroatoms. The van der Waals surface area contributed by atoms with Crippen molar-refractivity contribution in [1.82, 2.24) is 4.90 Å². The lowest BCUT2D eigenvalue weighted by molar-refractivity contribution is 0.00230. The number of aliphatic hydroxyl groups excluding tert-OH is 1. The first-order valence-electron chi connectivity index (χ1n) is 8.06. The fraction of sp³-hybridized carbons (Fsp3) is 0.647. The number of benzene rings is 1. The van der Waals surface area contributed by atoms with Crippen LogP contribution in [-0.4, -0.2) is 34.2 Å². The molecule has 0 radical (unpaired) electrons. The van der Waals surface area contributed by atoms with Gasteiger partial charge in [-0.05, 0) is 49.8 Å². The molecular weight excluding hydrogens is 328 g/mol. The molecule has 2 aliphatic rings. The molecule has 21 heavy (non-hydrogen) atoms. The third-order valence-corrected chi connectivity index (χ3v) is 5.65. The molecule has 0 spiro atoms. The zero-order valence-electron chi connectivity index (χ0n) is 12.6. The van der Waals surface area contributed by atoms with E-state index in [1.807, 2.05) is 0 Å². The monoisotopic (exact) mass is 352 g/mol. The summed E-state index contributed by atoms with van der Waals surface area (Å²) in [6, 6.07) is 9.91. The fourth-order valence-corrected chi connectivity index (χ4v) is 4.61. The number of rotatable bonds is 4. The van der Waals surface area contributed by atoms with E-state index in [-0.39, 0.29) is 18.2 Å². The van der Waals surface area contributed by atoms with E-state index in [2.05, 4.69) is 52.0 Å². The number of halogens is 1. The zero-order valence-corrected chi connectivity index (χ0v) is 14.2. The van der Waals surface area contributed by atoms with Crippen LogP contribution in [0.25, 0.3) is 0 Å². The number of nitrogens with zero attached hydrogens (tertiary/aromatic N) is 1. The average molecular weight is 353 g/mol. The van der Waals surface area contributed by atoms with Gasteiger partial charge in [-0.1, -0.05) is 35.0 Å². The quantitative estimate of drug-likeness (QED) is 0.874. The maximum atomic E-state index is 10.0. The molecule has 0 aliphatic carbocycles. The highest BCUT2D eigenvalue weighted by atomic mass is 79.9. The lowest BCUT2D eigenvalue weighted by Gasteiger charge is -2.44. The van der Waals surface area contributed by atoms with Gasteiger partial charge in [-0.25, -0.2) is 0 Å². The second kappa shape index (κ2) is 6.37. The van der Waals surface area contributed by atoms with Crippen molar-refractivity contribution >= 4 is 15.9 Å². The van der Waals surface area contributed by atoms with Crippen LogP contribution in [0.5, 0.6) is 0 Å². The molecule has 4 atom stereocenters. The average Bonchev–Trinajstić information content (AvgIpc) is 2.71. The number of piperidine rings is 1. The molecule has 2 bridgehead atoms. The predicted molar refractivity (Wildman–Crippen MR) is 89.0 cm³/mol. The summed E-state index contributed by atoms with van der Waals surface area (Å²) in [6.07, 6.45) is 5.04. The van der Waals surface area contributed by atoms with Gasteiger partial charge in [0.05, 0.1) is 12.1 Å². The summed E-state index contributed by atoms with van der Waals surface area (Å²) < 4.78 is 1.11. The Morgan fingerprint density at radius 3 is 2.57 bits per heavy atom. The van der Waals surface area contributed by atoms with Crippen LogP contribution in [0, 0.1) is 0 Å². The number of aliphatic hydroxyl groups is 1. The van der Waals surface area contributed by atoms with Crippen LogP contribution < -0.4 is 5.73 Å². The van der Waals surface area contributed by atoms with E-state index in [0.717, 1.165) is 23.7 Å². The third-order valence-electron chi connectivity index (χ3n) is 5.15. The van der Waals surface area contributed by atoms with E-state index in [0.29, 0.717) is 12.1 Å². The first-order valence-corrected chi connectivity index (χ1v) is 8.86.